The summed E-state index contributed by atoms with van der Waals surface area (Å²) < 4.78 is 39.3. The van der Waals surface area contributed by atoms with E-state index in [1.807, 2.05) is 156 Å². The van der Waals surface area contributed by atoms with Crippen LogP contribution in [0.1, 0.15) is 171 Å². The second kappa shape index (κ2) is 48.8. The Hall–Kier alpha value is -11.3. The Morgan fingerprint density at radius 3 is 1.11 bits per heavy atom. The highest BCUT2D eigenvalue weighted by molar-refractivity contribution is 9.10. The zero-order valence-electron chi connectivity index (χ0n) is 78.3. The first kappa shape index (κ1) is 111. The van der Waals surface area contributed by atoms with E-state index in [-0.39, 0.29) is 111 Å². The van der Waals surface area contributed by atoms with Crippen LogP contribution in [-0.2, 0) is 47.8 Å². The highest BCUT2D eigenvalue weighted by Crippen LogP contribution is 2.52. The van der Waals surface area contributed by atoms with E-state index in [1.165, 1.54) is 62.0 Å². The van der Waals surface area contributed by atoms with E-state index in [1.54, 1.807) is 0 Å². The van der Waals surface area contributed by atoms with Crippen molar-refractivity contribution in [1.29, 1.82) is 0 Å². The van der Waals surface area contributed by atoms with Crippen LogP contribution in [0.3, 0.4) is 0 Å². The maximum Gasteiger partial charge on any atom is 0.163 e. The molecule has 4 aromatic carbocycles. The number of nitrogens with zero attached hydrogens (tertiary/aromatic N) is 16. The quantitative estimate of drug-likeness (QED) is 0.0194. The summed E-state index contributed by atoms with van der Waals surface area (Å²) in [7, 11) is 9.00. The molecule has 12 aromatic heterocycles. The number of fused-ring (bicyclic) bond motifs is 10. The highest BCUT2D eigenvalue weighted by Gasteiger charge is 2.56. The van der Waals surface area contributed by atoms with Crippen LogP contribution < -0.4 is 26.7 Å². The number of benzene rings is 4. The van der Waals surface area contributed by atoms with E-state index in [9.17, 15) is 20.4 Å². The molecule has 3 saturated heterocycles. The Morgan fingerprint density at radius 1 is 0.403 bits per heavy atom. The molecular formula is C109H139BrCl3N21O10. The van der Waals surface area contributed by atoms with Crippen molar-refractivity contribution in [2.75, 3.05) is 75.3 Å². The van der Waals surface area contributed by atoms with Gasteiger partial charge in [0, 0.05) is 98.1 Å². The number of hydrogen-bond acceptors (Lipinski definition) is 27. The standard InChI is InChI=1S/C26H28ClN5O2.C24H28N6O3.C23H24ClN5O2.C16H18ClN3O2.C10H9BrN2.C4H8O.6CH4/c1-26(2)33-22-17(7-5-15-4-6-16-8-9-21(28-3)31-19(16)12-15)13-20(23(22)34-26)32-11-10-18-24(27)29-14-30-25(18)32;1-25-20-8-7-15-5-3-14(11-18(15)28-20)4-6-16-12-19(22(32)21(16)31)30-10-9-17-23(29-33-2)26-13-27-24(17)30;1-25-19-7-6-14-4-2-13(10-17(14)28-19)3-5-15-11-18(21(31)20(15)30)29-9-8-16-22(24)26-12-27-23(16)29;1-4-9-7-11(13-12(9)21-16(2,3)22-13)20-6-5-10-14(17)18-8-19-15(10)20;1-12-10-5-3-7-2-4-8(11)6-9(7)13-10;1-2-4-5-3-1;;;;;;/h4,6,8-12,14,17,20,22-23H,5,7,13H2,1-3H3,(H,28,31);3,5,7-11,13,16,19,21-22,31-32H,4,6,12H2,1-2H3,(H,25,28)(H,26,27,29);2,4,6-10,12,15,18,20-21,30-31H,3,5,11H2,1H3,(H,25,28);4-6,8-9,11-13H,1,7H2,2-3H3;2-6H,1H3,(H,12,13);1-4H2;6*1H4/t17-,20+,22+,23-;16-,19+,21+,22-;15-,18+,20+,21-;9-,11+,12+,13-;;;;;;;;/m0000......../s1. The van der Waals surface area contributed by atoms with E-state index >= 15 is 0 Å². The second-order valence-electron chi connectivity index (χ2n) is 37.0. The van der Waals surface area contributed by atoms with Crippen LogP contribution in [0.5, 0.6) is 0 Å². The Balaban J connectivity index is 0.000000160. The number of hydrogen-bond donors (Lipinski definition) is 9. The fourth-order valence-corrected chi connectivity index (χ4v) is 21.6. The molecular weight excluding hydrogens is 1950 g/mol. The van der Waals surface area contributed by atoms with Crippen molar-refractivity contribution in [3.8, 4) is 0 Å². The SMILES string of the molecule is C.C.C.C.C.C.C1CCOC1.C=C[C@H]1C[C@@H](n2ccc3c(Cl)ncnc32)[C@@H]2OC(C)(C)O[C@@H]21.CNc1ccc2ccc(Br)cc2n1.CNc1ccc2ccc(CC[C@H]3C[C@@H](n4ccc5c(Cl)ncnc54)[C@@H]4OC(C)(C)O[C@H]34)cc2n1.CNc1ccc2ccc(CC[C@H]3C[C@@H](n4ccc5c(Cl)ncnc54)[C@H](O)[C@@H]3O)cc2n1.CNc1ccc2ccc(CC[C@H]3C[C@@H](n4ccc5c(NOC)ncnc54)[C@H](O)[C@@H]3O)cc2n1. The number of aryl methyl sites for hydroxylation is 3. The average Bonchev–Trinajstić information content (AvgIpc) is 1.59. The van der Waals surface area contributed by atoms with Crippen molar-refractivity contribution in [3.05, 3.63) is 245 Å². The molecule has 16 aromatic rings. The van der Waals surface area contributed by atoms with Gasteiger partial charge in [0.2, 0.25) is 0 Å². The molecule has 31 nitrogen and oxygen atoms in total. The van der Waals surface area contributed by atoms with E-state index in [0.717, 1.165) is 169 Å². The van der Waals surface area contributed by atoms with Crippen molar-refractivity contribution in [2.24, 2.45) is 23.7 Å². The topological polar surface area (TPSA) is 371 Å². The van der Waals surface area contributed by atoms with Crippen molar-refractivity contribution in [1.82, 2.24) is 78.1 Å². The maximum atomic E-state index is 10.9. The lowest BCUT2D eigenvalue weighted by Crippen LogP contribution is -2.29. The van der Waals surface area contributed by atoms with Crippen molar-refractivity contribution >= 4 is 168 Å². The van der Waals surface area contributed by atoms with Gasteiger partial charge in [0.25, 0.3) is 0 Å². The molecule has 0 bridgehead atoms. The molecule has 0 amide bonds. The lowest BCUT2D eigenvalue weighted by molar-refractivity contribution is -0.160. The van der Waals surface area contributed by atoms with Crippen LogP contribution in [0.25, 0.3) is 87.7 Å². The lowest BCUT2D eigenvalue weighted by Gasteiger charge is -2.24. The summed E-state index contributed by atoms with van der Waals surface area (Å²) >= 11 is 22.0. The Labute approximate surface area is 866 Å². The summed E-state index contributed by atoms with van der Waals surface area (Å²) in [6, 6.07) is 48.8. The normalized spacial score (nSPS) is 23.2. The van der Waals surface area contributed by atoms with Gasteiger partial charge in [-0.25, -0.2) is 65.3 Å². The molecule has 0 unspecified atom stereocenters. The third-order valence-electron chi connectivity index (χ3n) is 27.6. The van der Waals surface area contributed by atoms with E-state index in [2.05, 4.69) is 198 Å². The monoisotopic (exact) mass is 2090 g/mol. The van der Waals surface area contributed by atoms with E-state index < -0.39 is 36.0 Å². The van der Waals surface area contributed by atoms with Gasteiger partial charge >= 0.3 is 0 Å². The van der Waals surface area contributed by atoms with Gasteiger partial charge in [-0.1, -0.05) is 144 Å². The predicted octanol–water partition coefficient (Wildman–Crippen LogP) is 22.9. The molecule has 0 radical (unpaired) electrons. The van der Waals surface area contributed by atoms with Crippen LogP contribution in [0, 0.1) is 23.7 Å². The number of aromatic nitrogens is 16. The van der Waals surface area contributed by atoms with E-state index in [4.69, 9.17) is 68.3 Å². The summed E-state index contributed by atoms with van der Waals surface area (Å²) in [5, 5.41) is 64.5. The van der Waals surface area contributed by atoms with Crippen molar-refractivity contribution in [2.45, 2.75) is 234 Å². The zero-order valence-corrected chi connectivity index (χ0v) is 82.2. The molecule has 35 heteroatoms. The van der Waals surface area contributed by atoms with Gasteiger partial charge in [-0.2, -0.15) is 0 Å². The third kappa shape index (κ3) is 24.2. The molecule has 4 aliphatic carbocycles. The van der Waals surface area contributed by atoms with Crippen LogP contribution in [0.2, 0.25) is 15.5 Å². The minimum atomic E-state index is -0.865. The number of anilines is 5. The summed E-state index contributed by atoms with van der Waals surface area (Å²) in [4.78, 5) is 57.4. The Morgan fingerprint density at radius 2 is 0.729 bits per heavy atom. The fraction of sp³-hybridized carbons (Fsp3) is 0.431. The molecule has 7 fully saturated rings. The predicted molar refractivity (Wildman–Crippen MR) is 584 cm³/mol. The zero-order chi connectivity index (χ0) is 96.2. The van der Waals surface area contributed by atoms with Crippen LogP contribution in [-0.4, -0.2) is 207 Å². The number of halogens is 4. The second-order valence-corrected chi connectivity index (χ2v) is 39.0. The Bertz CT molecular complexity index is 7000. The first-order valence-corrected chi connectivity index (χ1v) is 48.9. The molecule has 0 spiro atoms. The molecule has 768 valence electrons. The first-order valence-electron chi connectivity index (χ1n) is 47.0. The number of rotatable bonds is 20. The first-order chi connectivity index (χ1) is 66.8. The number of pyridine rings is 4. The number of ether oxygens (including phenoxy) is 5. The van der Waals surface area contributed by atoms with Gasteiger partial charge in [0.1, 0.15) is 111 Å². The molecule has 144 heavy (non-hydrogen) atoms. The minimum Gasteiger partial charge on any atom is -0.390 e. The number of nitrogens with one attached hydrogen (secondary N) is 5. The smallest absolute Gasteiger partial charge is 0.163 e. The molecule has 3 aliphatic heterocycles. The average molecular weight is 2090 g/mol. The minimum absolute atomic E-state index is 0. The summed E-state index contributed by atoms with van der Waals surface area (Å²) in [5.74, 6) is 3.47. The van der Waals surface area contributed by atoms with Crippen LogP contribution in [0.15, 0.2) is 213 Å². The van der Waals surface area contributed by atoms with E-state index in [0.29, 0.717) is 51.3 Å². The lowest BCUT2D eigenvalue weighted by atomic mass is 9.95. The largest absolute Gasteiger partial charge is 0.390 e. The molecule has 4 saturated carbocycles. The molecule has 23 rings (SSSR count). The van der Waals surface area contributed by atoms with Gasteiger partial charge in [0.15, 0.2) is 17.4 Å². The van der Waals surface area contributed by atoms with Gasteiger partial charge in [-0.3, -0.25) is 4.84 Å². The molecule has 15 heterocycles. The highest BCUT2D eigenvalue weighted by atomic mass is 79.9. The van der Waals surface area contributed by atoms with Gasteiger partial charge in [-0.05, 0) is 242 Å². The number of aliphatic hydroxyl groups is 4. The number of aliphatic hydroxyl groups excluding tert-OH is 4. The van der Waals surface area contributed by atoms with Gasteiger partial charge in [0.05, 0.1) is 99.3 Å². The Kier molecular flexibility index (Phi) is 37.8. The van der Waals surface area contributed by atoms with Crippen LogP contribution >= 0.6 is 50.7 Å². The van der Waals surface area contributed by atoms with Crippen molar-refractivity contribution in [3.63, 3.8) is 0 Å². The maximum absolute atomic E-state index is 10.9. The molecule has 7 aliphatic rings. The van der Waals surface area contributed by atoms with Crippen molar-refractivity contribution < 1.29 is 48.9 Å². The van der Waals surface area contributed by atoms with Crippen LogP contribution in [0.4, 0.5) is 29.1 Å². The third-order valence-corrected chi connectivity index (χ3v) is 29.0. The van der Waals surface area contributed by atoms with Gasteiger partial charge < -0.3 is 83.6 Å². The van der Waals surface area contributed by atoms with Gasteiger partial charge in [-0.15, -0.1) is 6.58 Å². The summed E-state index contributed by atoms with van der Waals surface area (Å²) in [6.45, 7) is 13.9. The molecule has 9 N–H and O–H groups in total. The fourth-order valence-electron chi connectivity index (χ4n) is 20.6. The molecule has 16 atom stereocenters. The summed E-state index contributed by atoms with van der Waals surface area (Å²) in [5.41, 5.74) is 13.4. The summed E-state index contributed by atoms with van der Waals surface area (Å²) in [6.07, 6.45) is 23.3.